The molecule has 1 amide bonds. The number of benzene rings is 1. The highest BCUT2D eigenvalue weighted by molar-refractivity contribution is 5.79. The number of fused-ring (bicyclic) bond motifs is 1. The molecule has 0 spiro atoms. The quantitative estimate of drug-likeness (QED) is 0.845. The SMILES string of the molecule is O=C(C1CCN(c2nc(-c3ccccc3)nc3c2CCC3)CC1)N1CCC(CO)C1. The summed E-state index contributed by atoms with van der Waals surface area (Å²) in [7, 11) is 0. The van der Waals surface area contributed by atoms with Crippen LogP contribution in [0, 0.1) is 11.8 Å². The highest BCUT2D eigenvalue weighted by atomic mass is 16.3. The van der Waals surface area contributed by atoms with E-state index in [1.165, 1.54) is 11.3 Å². The number of aliphatic hydroxyl groups is 1. The van der Waals surface area contributed by atoms with E-state index in [-0.39, 0.29) is 24.3 Å². The minimum absolute atomic E-state index is 0.0992. The Morgan fingerprint density at radius 1 is 1.03 bits per heavy atom. The number of aryl methyl sites for hydroxylation is 1. The van der Waals surface area contributed by atoms with Crippen LogP contribution in [0.5, 0.6) is 0 Å². The number of carbonyl (C=O) groups excluding carboxylic acids is 1. The van der Waals surface area contributed by atoms with Gasteiger partial charge in [0.2, 0.25) is 5.91 Å². The average Bonchev–Trinajstić information content (AvgIpc) is 3.48. The summed E-state index contributed by atoms with van der Waals surface area (Å²) in [5, 5.41) is 9.36. The molecular weight excluding hydrogens is 376 g/mol. The van der Waals surface area contributed by atoms with E-state index >= 15 is 0 Å². The van der Waals surface area contributed by atoms with Gasteiger partial charge in [0, 0.05) is 61.4 Å². The molecule has 30 heavy (non-hydrogen) atoms. The number of likely N-dealkylation sites (tertiary alicyclic amines) is 1. The standard InChI is InChI=1S/C24H30N4O2/c29-16-17-9-12-28(15-17)24(30)19-10-13-27(14-11-19)23-20-7-4-8-21(20)25-22(26-23)18-5-2-1-3-6-18/h1-3,5-6,17,19,29H,4,7-16H2. The van der Waals surface area contributed by atoms with E-state index in [0.29, 0.717) is 0 Å². The highest BCUT2D eigenvalue weighted by Crippen LogP contribution is 2.34. The summed E-state index contributed by atoms with van der Waals surface area (Å²) in [5.41, 5.74) is 3.57. The van der Waals surface area contributed by atoms with Crippen molar-refractivity contribution in [2.45, 2.75) is 38.5 Å². The predicted octanol–water partition coefficient (Wildman–Crippen LogP) is 2.69. The lowest BCUT2D eigenvalue weighted by Crippen LogP contribution is -2.42. The molecule has 0 radical (unpaired) electrons. The van der Waals surface area contributed by atoms with E-state index in [9.17, 15) is 9.90 Å². The number of aliphatic hydroxyl groups excluding tert-OH is 1. The van der Waals surface area contributed by atoms with Gasteiger partial charge in [-0.3, -0.25) is 4.79 Å². The van der Waals surface area contributed by atoms with Crippen molar-refractivity contribution in [1.82, 2.24) is 14.9 Å². The molecule has 3 aliphatic rings. The molecule has 6 heteroatoms. The van der Waals surface area contributed by atoms with Gasteiger partial charge in [0.05, 0.1) is 0 Å². The zero-order valence-corrected chi connectivity index (χ0v) is 17.5. The van der Waals surface area contributed by atoms with E-state index in [1.54, 1.807) is 0 Å². The number of piperidine rings is 1. The Labute approximate surface area is 177 Å². The number of carbonyl (C=O) groups is 1. The molecule has 2 saturated heterocycles. The Bertz CT molecular complexity index is 909. The van der Waals surface area contributed by atoms with Gasteiger partial charge in [-0.15, -0.1) is 0 Å². The van der Waals surface area contributed by atoms with Crippen molar-refractivity contribution in [1.29, 1.82) is 0 Å². The molecule has 6 nitrogen and oxygen atoms in total. The molecule has 1 unspecified atom stereocenters. The van der Waals surface area contributed by atoms with Crippen LogP contribution in [-0.2, 0) is 17.6 Å². The Balaban J connectivity index is 1.32. The molecular formula is C24H30N4O2. The lowest BCUT2D eigenvalue weighted by atomic mass is 9.95. The van der Waals surface area contributed by atoms with Crippen LogP contribution in [0.25, 0.3) is 11.4 Å². The third kappa shape index (κ3) is 3.69. The maximum Gasteiger partial charge on any atom is 0.225 e. The summed E-state index contributed by atoms with van der Waals surface area (Å²) in [5.74, 6) is 2.54. The van der Waals surface area contributed by atoms with Crippen LogP contribution in [0.4, 0.5) is 5.82 Å². The fourth-order valence-corrected chi connectivity index (χ4v) is 5.17. The smallest absolute Gasteiger partial charge is 0.225 e. The maximum atomic E-state index is 12.9. The minimum atomic E-state index is 0.0992. The van der Waals surface area contributed by atoms with Gasteiger partial charge in [-0.25, -0.2) is 9.97 Å². The monoisotopic (exact) mass is 406 g/mol. The van der Waals surface area contributed by atoms with Crippen molar-refractivity contribution in [2.75, 3.05) is 37.7 Å². The van der Waals surface area contributed by atoms with Gasteiger partial charge in [-0.1, -0.05) is 30.3 Å². The van der Waals surface area contributed by atoms with Gasteiger partial charge >= 0.3 is 0 Å². The van der Waals surface area contributed by atoms with Gasteiger partial charge < -0.3 is 14.9 Å². The van der Waals surface area contributed by atoms with Crippen LogP contribution in [0.1, 0.15) is 36.9 Å². The predicted molar refractivity (Wildman–Crippen MR) is 116 cm³/mol. The van der Waals surface area contributed by atoms with Crippen LogP contribution in [0.15, 0.2) is 30.3 Å². The lowest BCUT2D eigenvalue weighted by molar-refractivity contribution is -0.135. The number of rotatable bonds is 4. The second-order valence-corrected chi connectivity index (χ2v) is 8.90. The normalized spacial score (nSPS) is 21.8. The van der Waals surface area contributed by atoms with Gasteiger partial charge in [-0.2, -0.15) is 0 Å². The van der Waals surface area contributed by atoms with Crippen LogP contribution < -0.4 is 4.90 Å². The average molecular weight is 407 g/mol. The third-order valence-corrected chi connectivity index (χ3v) is 6.94. The molecule has 3 heterocycles. The van der Waals surface area contributed by atoms with Crippen molar-refractivity contribution >= 4 is 11.7 Å². The Hall–Kier alpha value is -2.47. The number of aromatic nitrogens is 2. The summed E-state index contributed by atoms with van der Waals surface area (Å²) in [6.07, 6.45) is 5.90. The molecule has 158 valence electrons. The summed E-state index contributed by atoms with van der Waals surface area (Å²) < 4.78 is 0. The van der Waals surface area contributed by atoms with Gasteiger partial charge in [0.15, 0.2) is 5.82 Å². The molecule has 0 saturated carbocycles. The molecule has 1 atom stereocenters. The number of hydrogen-bond acceptors (Lipinski definition) is 5. The molecule has 1 aliphatic carbocycles. The van der Waals surface area contributed by atoms with E-state index in [4.69, 9.17) is 9.97 Å². The Kier molecular flexibility index (Phi) is 5.42. The molecule has 1 N–H and O–H groups in total. The van der Waals surface area contributed by atoms with E-state index < -0.39 is 0 Å². The molecule has 0 bridgehead atoms. The van der Waals surface area contributed by atoms with Gasteiger partial charge in [0.25, 0.3) is 0 Å². The van der Waals surface area contributed by atoms with Crippen LogP contribution >= 0.6 is 0 Å². The van der Waals surface area contributed by atoms with Crippen molar-refractivity contribution in [3.63, 3.8) is 0 Å². The minimum Gasteiger partial charge on any atom is -0.396 e. The summed E-state index contributed by atoms with van der Waals surface area (Å²) >= 11 is 0. The number of anilines is 1. The van der Waals surface area contributed by atoms with E-state index in [2.05, 4.69) is 17.0 Å². The fourth-order valence-electron chi connectivity index (χ4n) is 5.17. The summed E-state index contributed by atoms with van der Waals surface area (Å²) in [6, 6.07) is 10.2. The van der Waals surface area contributed by atoms with Crippen LogP contribution in [-0.4, -0.2) is 58.7 Å². The first-order chi connectivity index (χ1) is 14.7. The van der Waals surface area contributed by atoms with Crippen molar-refractivity contribution < 1.29 is 9.90 Å². The zero-order chi connectivity index (χ0) is 20.5. The second kappa shape index (κ2) is 8.34. The first-order valence-electron chi connectivity index (χ1n) is 11.3. The molecule has 1 aromatic heterocycles. The largest absolute Gasteiger partial charge is 0.396 e. The lowest BCUT2D eigenvalue weighted by Gasteiger charge is -2.35. The van der Waals surface area contributed by atoms with E-state index in [0.717, 1.165) is 81.9 Å². The molecule has 2 aliphatic heterocycles. The highest BCUT2D eigenvalue weighted by Gasteiger charge is 2.34. The number of amides is 1. The Morgan fingerprint density at radius 2 is 1.83 bits per heavy atom. The first-order valence-corrected chi connectivity index (χ1v) is 11.3. The Morgan fingerprint density at radius 3 is 2.57 bits per heavy atom. The van der Waals surface area contributed by atoms with Crippen molar-refractivity contribution in [2.24, 2.45) is 11.8 Å². The molecule has 2 aromatic rings. The summed E-state index contributed by atoms with van der Waals surface area (Å²) in [4.78, 5) is 27.1. The molecule has 5 rings (SSSR count). The van der Waals surface area contributed by atoms with Crippen LogP contribution in [0.2, 0.25) is 0 Å². The number of nitrogens with zero attached hydrogens (tertiary/aromatic N) is 4. The second-order valence-electron chi connectivity index (χ2n) is 8.90. The van der Waals surface area contributed by atoms with Crippen molar-refractivity contribution in [3.05, 3.63) is 41.6 Å². The maximum absolute atomic E-state index is 12.9. The van der Waals surface area contributed by atoms with Crippen molar-refractivity contribution in [3.8, 4) is 11.4 Å². The van der Waals surface area contributed by atoms with E-state index in [1.807, 2.05) is 23.1 Å². The third-order valence-electron chi connectivity index (χ3n) is 6.94. The molecule has 2 fully saturated rings. The number of hydrogen-bond donors (Lipinski definition) is 1. The molecule has 1 aromatic carbocycles. The zero-order valence-electron chi connectivity index (χ0n) is 17.5. The van der Waals surface area contributed by atoms with Crippen LogP contribution in [0.3, 0.4) is 0 Å². The summed E-state index contributed by atoms with van der Waals surface area (Å²) in [6.45, 7) is 3.43. The fraction of sp³-hybridized carbons (Fsp3) is 0.542. The van der Waals surface area contributed by atoms with Gasteiger partial charge in [0.1, 0.15) is 5.82 Å². The topological polar surface area (TPSA) is 69.6 Å². The van der Waals surface area contributed by atoms with Gasteiger partial charge in [-0.05, 0) is 38.5 Å². The first kappa shape index (κ1) is 19.5.